The normalized spacial score (nSPS) is 15.3. The van der Waals surface area contributed by atoms with Gasteiger partial charge in [0.05, 0.1) is 22.3 Å². The molecule has 1 fully saturated rings. The second-order valence-electron chi connectivity index (χ2n) is 5.72. The number of aromatic nitrogens is 1. The first kappa shape index (κ1) is 17.2. The van der Waals surface area contributed by atoms with Crippen molar-refractivity contribution in [2.24, 2.45) is 0 Å². The Labute approximate surface area is 154 Å². The molecule has 1 aromatic heterocycles. The van der Waals surface area contributed by atoms with Crippen molar-refractivity contribution in [2.75, 3.05) is 18.0 Å². The van der Waals surface area contributed by atoms with Crippen LogP contribution in [0.5, 0.6) is 0 Å². The van der Waals surface area contributed by atoms with E-state index in [1.54, 1.807) is 23.9 Å². The van der Waals surface area contributed by atoms with Crippen LogP contribution in [0.1, 0.15) is 24.0 Å². The Morgan fingerprint density at radius 3 is 2.67 bits per heavy atom. The Morgan fingerprint density at radius 2 is 2.08 bits per heavy atom. The quantitative estimate of drug-likeness (QED) is 0.688. The van der Waals surface area contributed by atoms with E-state index in [0.29, 0.717) is 16.5 Å². The molecule has 2 aromatic rings. The topological polar surface area (TPSA) is 39.9 Å². The molecule has 3 nitrogen and oxygen atoms in total. The average molecular weight is 406 g/mol. The molecule has 0 aliphatic carbocycles. The fourth-order valence-corrected chi connectivity index (χ4v) is 4.16. The summed E-state index contributed by atoms with van der Waals surface area (Å²) in [6.07, 6.45) is 3.89. The zero-order valence-corrected chi connectivity index (χ0v) is 15.5. The van der Waals surface area contributed by atoms with Gasteiger partial charge < -0.3 is 4.90 Å². The monoisotopic (exact) mass is 405 g/mol. The molecule has 0 amide bonds. The van der Waals surface area contributed by atoms with Gasteiger partial charge in [-0.05, 0) is 42.7 Å². The Morgan fingerprint density at radius 1 is 1.29 bits per heavy atom. The maximum Gasteiger partial charge on any atom is 0.147 e. The van der Waals surface area contributed by atoms with Crippen LogP contribution in [0.3, 0.4) is 0 Å². The molecule has 0 atom stereocenters. The minimum atomic E-state index is -0.313. The number of thioether (sulfide) groups is 1. The number of anilines is 1. The lowest BCUT2D eigenvalue weighted by Gasteiger charge is -2.33. The summed E-state index contributed by atoms with van der Waals surface area (Å²) >= 11 is 5.22. The summed E-state index contributed by atoms with van der Waals surface area (Å²) in [5.74, 6) is -0.313. The van der Waals surface area contributed by atoms with Crippen molar-refractivity contribution in [1.82, 2.24) is 4.98 Å². The number of rotatable bonds is 4. The van der Waals surface area contributed by atoms with Crippen LogP contribution in [0.25, 0.3) is 0 Å². The largest absolute Gasteiger partial charge is 0.369 e. The second-order valence-corrected chi connectivity index (χ2v) is 7.60. The van der Waals surface area contributed by atoms with Gasteiger partial charge in [0.2, 0.25) is 0 Å². The highest BCUT2D eigenvalue weighted by Gasteiger charge is 2.22. The maximum absolute atomic E-state index is 14.1. The third-order valence-electron chi connectivity index (χ3n) is 4.10. The molecule has 0 radical (unpaired) electrons. The summed E-state index contributed by atoms with van der Waals surface area (Å²) < 4.78 is 14.1. The fraction of sp³-hybridized carbons (Fsp3) is 0.333. The van der Waals surface area contributed by atoms with Crippen molar-refractivity contribution in [3.63, 3.8) is 0 Å². The van der Waals surface area contributed by atoms with E-state index in [1.807, 2.05) is 12.3 Å². The van der Waals surface area contributed by atoms with E-state index in [0.717, 1.165) is 36.3 Å². The number of piperidine rings is 1. The van der Waals surface area contributed by atoms with Crippen molar-refractivity contribution in [3.05, 3.63) is 53.5 Å². The third kappa shape index (κ3) is 4.08. The molecule has 6 heteroatoms. The number of benzene rings is 1. The molecule has 0 N–H and O–H groups in total. The van der Waals surface area contributed by atoms with Crippen molar-refractivity contribution >= 4 is 33.4 Å². The van der Waals surface area contributed by atoms with Crippen molar-refractivity contribution < 1.29 is 4.39 Å². The van der Waals surface area contributed by atoms with Crippen LogP contribution in [0.2, 0.25) is 0 Å². The van der Waals surface area contributed by atoms with E-state index >= 15 is 0 Å². The predicted octanol–water partition coefficient (Wildman–Crippen LogP) is 4.75. The van der Waals surface area contributed by atoms with Gasteiger partial charge in [-0.3, -0.25) is 0 Å². The first-order valence-electron chi connectivity index (χ1n) is 7.81. The Bertz CT molecular complexity index is 737. The van der Waals surface area contributed by atoms with Crippen LogP contribution in [0.15, 0.2) is 41.6 Å². The standard InChI is InChI=1S/C18H17BrFN3S/c19-10-14-2-4-18(22-12-14)24-15-5-7-23(8-6-15)17-3-1-13(11-21)9-16(17)20/h1-4,9,12,15H,5-8,10H2. The third-order valence-corrected chi connectivity index (χ3v) is 6.03. The molecular formula is C18H17BrFN3S. The molecule has 0 bridgehead atoms. The van der Waals surface area contributed by atoms with E-state index in [4.69, 9.17) is 5.26 Å². The van der Waals surface area contributed by atoms with E-state index in [2.05, 4.69) is 37.9 Å². The maximum atomic E-state index is 14.1. The molecule has 124 valence electrons. The summed E-state index contributed by atoms with van der Waals surface area (Å²) in [6, 6.07) is 10.8. The molecule has 1 saturated heterocycles. The smallest absolute Gasteiger partial charge is 0.147 e. The van der Waals surface area contributed by atoms with Gasteiger partial charge >= 0.3 is 0 Å². The number of hydrogen-bond acceptors (Lipinski definition) is 4. The van der Waals surface area contributed by atoms with Crippen LogP contribution < -0.4 is 4.90 Å². The zero-order valence-electron chi connectivity index (χ0n) is 13.1. The van der Waals surface area contributed by atoms with Crippen molar-refractivity contribution in [3.8, 4) is 6.07 Å². The number of pyridine rings is 1. The van der Waals surface area contributed by atoms with Gasteiger partial charge in [0, 0.05) is 29.9 Å². The van der Waals surface area contributed by atoms with Gasteiger partial charge in [-0.25, -0.2) is 9.37 Å². The zero-order chi connectivity index (χ0) is 16.9. The Kier molecular flexibility index (Phi) is 5.75. The predicted molar refractivity (Wildman–Crippen MR) is 99.1 cm³/mol. The van der Waals surface area contributed by atoms with Gasteiger partial charge in [0.15, 0.2) is 0 Å². The average Bonchev–Trinajstić information content (AvgIpc) is 2.63. The molecule has 0 unspecified atom stereocenters. The molecule has 3 rings (SSSR count). The molecule has 1 aliphatic heterocycles. The van der Waals surface area contributed by atoms with Crippen LogP contribution in [0.4, 0.5) is 10.1 Å². The number of alkyl halides is 1. The highest BCUT2D eigenvalue weighted by atomic mass is 79.9. The number of hydrogen-bond donors (Lipinski definition) is 0. The van der Waals surface area contributed by atoms with E-state index in [9.17, 15) is 4.39 Å². The summed E-state index contributed by atoms with van der Waals surface area (Å²) in [7, 11) is 0. The number of halogens is 2. The molecule has 0 saturated carbocycles. The van der Waals surface area contributed by atoms with Crippen LogP contribution in [0, 0.1) is 17.1 Å². The van der Waals surface area contributed by atoms with Crippen LogP contribution >= 0.6 is 27.7 Å². The second kappa shape index (κ2) is 8.00. The van der Waals surface area contributed by atoms with Gasteiger partial charge in [-0.15, -0.1) is 11.8 Å². The Hall–Kier alpha value is -1.58. The SMILES string of the molecule is N#Cc1ccc(N2CCC(Sc3ccc(CBr)cn3)CC2)c(F)c1. The van der Waals surface area contributed by atoms with Crippen molar-refractivity contribution in [2.45, 2.75) is 28.4 Å². The van der Waals surface area contributed by atoms with E-state index in [1.165, 1.54) is 11.6 Å². The van der Waals surface area contributed by atoms with E-state index < -0.39 is 0 Å². The molecular weight excluding hydrogens is 389 g/mol. The van der Waals surface area contributed by atoms with Crippen LogP contribution in [-0.2, 0) is 5.33 Å². The van der Waals surface area contributed by atoms with Gasteiger partial charge in [0.1, 0.15) is 5.82 Å². The molecule has 24 heavy (non-hydrogen) atoms. The van der Waals surface area contributed by atoms with Crippen LogP contribution in [-0.4, -0.2) is 23.3 Å². The van der Waals surface area contributed by atoms with Gasteiger partial charge in [-0.2, -0.15) is 5.26 Å². The fourth-order valence-electron chi connectivity index (χ4n) is 2.78. The molecule has 1 aliphatic rings. The summed E-state index contributed by atoms with van der Waals surface area (Å²) in [6.45, 7) is 1.64. The highest BCUT2D eigenvalue weighted by molar-refractivity contribution is 9.08. The highest BCUT2D eigenvalue weighted by Crippen LogP contribution is 2.32. The minimum absolute atomic E-state index is 0.313. The van der Waals surface area contributed by atoms with E-state index in [-0.39, 0.29) is 5.82 Å². The minimum Gasteiger partial charge on any atom is -0.369 e. The van der Waals surface area contributed by atoms with Crippen molar-refractivity contribution in [1.29, 1.82) is 5.26 Å². The summed E-state index contributed by atoms with van der Waals surface area (Å²) in [5, 5.41) is 11.2. The first-order valence-corrected chi connectivity index (χ1v) is 9.82. The lowest BCUT2D eigenvalue weighted by Crippen LogP contribution is -2.35. The number of nitrogens with zero attached hydrogens (tertiary/aromatic N) is 3. The van der Waals surface area contributed by atoms with Gasteiger partial charge in [0.25, 0.3) is 0 Å². The Balaban J connectivity index is 1.58. The molecule has 2 heterocycles. The lowest BCUT2D eigenvalue weighted by molar-refractivity contribution is 0.565. The number of nitriles is 1. The summed E-state index contributed by atoms with van der Waals surface area (Å²) in [4.78, 5) is 6.55. The summed E-state index contributed by atoms with van der Waals surface area (Å²) in [5.41, 5.74) is 2.13. The molecule has 0 spiro atoms. The van der Waals surface area contributed by atoms with Gasteiger partial charge in [-0.1, -0.05) is 22.0 Å². The lowest BCUT2D eigenvalue weighted by atomic mass is 10.1. The molecule has 1 aromatic carbocycles. The first-order chi connectivity index (χ1) is 11.7.